The molecule has 0 unspecified atom stereocenters. The Labute approximate surface area is 231 Å². The average molecular weight is 556 g/mol. The Morgan fingerprint density at radius 2 is 1.84 bits per heavy atom. The number of anilines is 1. The number of hydrogen-bond acceptors (Lipinski definition) is 5. The van der Waals surface area contributed by atoms with Crippen molar-refractivity contribution in [3.05, 3.63) is 104 Å². The van der Waals surface area contributed by atoms with Gasteiger partial charge < -0.3 is 20.1 Å². The summed E-state index contributed by atoms with van der Waals surface area (Å²) in [5.41, 5.74) is 4.58. The van der Waals surface area contributed by atoms with E-state index in [0.29, 0.717) is 39.5 Å². The second kappa shape index (κ2) is 12.5. The van der Waals surface area contributed by atoms with Crippen molar-refractivity contribution in [1.29, 1.82) is 0 Å². The lowest BCUT2D eigenvalue weighted by Gasteiger charge is -2.16. The molecule has 2 N–H and O–H groups in total. The zero-order valence-electron chi connectivity index (χ0n) is 20.6. The van der Waals surface area contributed by atoms with Crippen molar-refractivity contribution in [3.8, 4) is 11.5 Å². The van der Waals surface area contributed by atoms with Gasteiger partial charge in [-0.15, -0.1) is 6.58 Å². The molecule has 0 radical (unpaired) electrons. The number of thioether (sulfide) groups is 1. The second-order valence-corrected chi connectivity index (χ2v) is 10.4. The summed E-state index contributed by atoms with van der Waals surface area (Å²) < 4.78 is 11.8. The van der Waals surface area contributed by atoms with Gasteiger partial charge in [-0.05, 0) is 72.0 Å². The van der Waals surface area contributed by atoms with Gasteiger partial charge >= 0.3 is 0 Å². The van der Waals surface area contributed by atoms with Gasteiger partial charge in [0.25, 0.3) is 5.91 Å². The minimum atomic E-state index is -0.255. The molecule has 0 bridgehead atoms. The molecule has 1 aliphatic rings. The third kappa shape index (κ3) is 6.83. The molecule has 0 spiro atoms. The third-order valence-corrected chi connectivity index (χ3v) is 7.56. The molecule has 1 aliphatic heterocycles. The molecule has 1 amide bonds. The van der Waals surface area contributed by atoms with Crippen molar-refractivity contribution in [2.45, 2.75) is 31.9 Å². The first-order valence-corrected chi connectivity index (χ1v) is 13.5. The lowest BCUT2D eigenvalue weighted by atomic mass is 10.0. The van der Waals surface area contributed by atoms with Crippen LogP contribution in [0.2, 0.25) is 10.0 Å². The van der Waals surface area contributed by atoms with Crippen LogP contribution in [0.25, 0.3) is 6.08 Å². The number of amides is 1. The zero-order valence-corrected chi connectivity index (χ0v) is 23.0. The number of aryl methyl sites for hydroxylation is 1. The molecule has 3 aromatic rings. The van der Waals surface area contributed by atoms with Gasteiger partial charge in [-0.1, -0.05) is 66.2 Å². The van der Waals surface area contributed by atoms with Crippen LogP contribution in [-0.2, 0) is 24.2 Å². The van der Waals surface area contributed by atoms with Gasteiger partial charge in [-0.2, -0.15) is 0 Å². The number of carbonyl (C=O) groups is 1. The van der Waals surface area contributed by atoms with Crippen LogP contribution in [0.15, 0.2) is 72.2 Å². The standard InChI is InChI=1S/C29H28Cl2N2O3S/c1-4-6-21-13-20(15-25(35-3)27(21)36-17-19-9-12-23(30)24(31)14-19)16-26-28(34)33-29(37-26)32-22-10-7-18(5-2)8-11-22/h4,7-16,29,32H,1,5-6,17H2,2-3H3,(H,33,34)/b26-16-/t29-/m0/s1. The number of ether oxygens (including phenoxy) is 2. The summed E-state index contributed by atoms with van der Waals surface area (Å²) in [5.74, 6) is 1.06. The van der Waals surface area contributed by atoms with Crippen LogP contribution in [0.3, 0.4) is 0 Å². The highest BCUT2D eigenvalue weighted by Crippen LogP contribution is 2.37. The number of hydrogen-bond donors (Lipinski definition) is 2. The summed E-state index contributed by atoms with van der Waals surface area (Å²) in [6, 6.07) is 17.4. The van der Waals surface area contributed by atoms with E-state index in [1.54, 1.807) is 25.3 Å². The number of allylic oxidation sites excluding steroid dienone is 1. The predicted molar refractivity (Wildman–Crippen MR) is 155 cm³/mol. The molecule has 1 atom stereocenters. The van der Waals surface area contributed by atoms with Crippen molar-refractivity contribution in [2.24, 2.45) is 0 Å². The van der Waals surface area contributed by atoms with Gasteiger partial charge in [0.2, 0.25) is 0 Å². The molecule has 3 aromatic carbocycles. The summed E-state index contributed by atoms with van der Waals surface area (Å²) >= 11 is 13.6. The van der Waals surface area contributed by atoms with Crippen molar-refractivity contribution in [2.75, 3.05) is 12.4 Å². The molecule has 0 saturated carbocycles. The van der Waals surface area contributed by atoms with Crippen LogP contribution in [0.1, 0.15) is 29.2 Å². The van der Waals surface area contributed by atoms with Crippen molar-refractivity contribution in [1.82, 2.24) is 5.32 Å². The minimum absolute atomic E-state index is 0.128. The first-order chi connectivity index (χ1) is 17.9. The maximum atomic E-state index is 12.7. The molecule has 5 nitrogen and oxygen atoms in total. The van der Waals surface area contributed by atoms with Crippen LogP contribution in [0.4, 0.5) is 5.69 Å². The van der Waals surface area contributed by atoms with Gasteiger partial charge in [-0.3, -0.25) is 4.79 Å². The molecule has 1 heterocycles. The molecule has 1 saturated heterocycles. The Morgan fingerprint density at radius 1 is 1.08 bits per heavy atom. The Bertz CT molecular complexity index is 1330. The normalized spacial score (nSPS) is 15.9. The third-order valence-electron chi connectivity index (χ3n) is 5.79. The number of nitrogens with one attached hydrogen (secondary N) is 2. The van der Waals surface area contributed by atoms with Crippen LogP contribution in [0, 0.1) is 0 Å². The molecule has 8 heteroatoms. The fraction of sp³-hybridized carbons (Fsp3) is 0.207. The lowest BCUT2D eigenvalue weighted by Crippen LogP contribution is -2.30. The van der Waals surface area contributed by atoms with E-state index in [0.717, 1.165) is 28.8 Å². The summed E-state index contributed by atoms with van der Waals surface area (Å²) in [5, 5.41) is 7.30. The first kappa shape index (κ1) is 27.0. The number of methoxy groups -OCH3 is 1. The van der Waals surface area contributed by atoms with E-state index in [4.69, 9.17) is 32.7 Å². The van der Waals surface area contributed by atoms with E-state index in [1.165, 1.54) is 17.3 Å². The summed E-state index contributed by atoms with van der Waals surface area (Å²) in [4.78, 5) is 13.3. The molecule has 4 rings (SSSR count). The number of benzene rings is 3. The number of rotatable bonds is 10. The molecule has 192 valence electrons. The van der Waals surface area contributed by atoms with Gasteiger partial charge in [0, 0.05) is 11.3 Å². The molecule has 0 aliphatic carbocycles. The van der Waals surface area contributed by atoms with Crippen molar-refractivity contribution >= 4 is 52.6 Å². The molecule has 1 fully saturated rings. The monoisotopic (exact) mass is 554 g/mol. The fourth-order valence-corrected chi connectivity index (χ4v) is 5.18. The van der Waals surface area contributed by atoms with Gasteiger partial charge in [0.15, 0.2) is 17.0 Å². The highest BCUT2D eigenvalue weighted by Gasteiger charge is 2.27. The van der Waals surface area contributed by atoms with Crippen LogP contribution >= 0.6 is 35.0 Å². The molecule has 37 heavy (non-hydrogen) atoms. The van der Waals surface area contributed by atoms with E-state index in [9.17, 15) is 4.79 Å². The lowest BCUT2D eigenvalue weighted by molar-refractivity contribution is -0.116. The predicted octanol–water partition coefficient (Wildman–Crippen LogP) is 7.47. The zero-order chi connectivity index (χ0) is 26.4. The van der Waals surface area contributed by atoms with Gasteiger partial charge in [-0.25, -0.2) is 0 Å². The molecular weight excluding hydrogens is 527 g/mol. The van der Waals surface area contributed by atoms with Gasteiger partial charge in [0.1, 0.15) is 6.61 Å². The highest BCUT2D eigenvalue weighted by molar-refractivity contribution is 8.05. The first-order valence-electron chi connectivity index (χ1n) is 11.8. The van der Waals surface area contributed by atoms with E-state index in [-0.39, 0.29) is 11.4 Å². The topological polar surface area (TPSA) is 59.6 Å². The maximum absolute atomic E-state index is 12.7. The van der Waals surface area contributed by atoms with Crippen molar-refractivity contribution in [3.63, 3.8) is 0 Å². The molecule has 0 aromatic heterocycles. The highest BCUT2D eigenvalue weighted by atomic mass is 35.5. The van der Waals surface area contributed by atoms with E-state index >= 15 is 0 Å². The van der Waals surface area contributed by atoms with Crippen LogP contribution < -0.4 is 20.1 Å². The Morgan fingerprint density at radius 3 is 2.51 bits per heavy atom. The van der Waals surface area contributed by atoms with E-state index in [2.05, 4.69) is 36.3 Å². The van der Waals surface area contributed by atoms with E-state index in [1.807, 2.05) is 36.4 Å². The quantitative estimate of drug-likeness (QED) is 0.201. The molecular formula is C29H28Cl2N2O3S. The SMILES string of the molecule is C=CCc1cc(/C=C2\S[C@@H](Nc3ccc(CC)cc3)NC2=O)cc(OC)c1OCc1ccc(Cl)c(Cl)c1. The summed E-state index contributed by atoms with van der Waals surface area (Å²) in [6.45, 7) is 6.29. The van der Waals surface area contributed by atoms with Gasteiger partial charge in [0.05, 0.1) is 22.1 Å². The average Bonchev–Trinajstić information content (AvgIpc) is 3.23. The minimum Gasteiger partial charge on any atom is -0.493 e. The maximum Gasteiger partial charge on any atom is 0.260 e. The Hall–Kier alpha value is -3.06. The summed E-state index contributed by atoms with van der Waals surface area (Å²) in [6.07, 6.45) is 5.22. The number of halogens is 2. The largest absolute Gasteiger partial charge is 0.493 e. The van der Waals surface area contributed by atoms with Crippen molar-refractivity contribution < 1.29 is 14.3 Å². The van der Waals surface area contributed by atoms with E-state index < -0.39 is 0 Å². The summed E-state index contributed by atoms with van der Waals surface area (Å²) in [7, 11) is 1.59. The fourth-order valence-electron chi connectivity index (χ4n) is 3.88. The Balaban J connectivity index is 1.53. The Kier molecular flexibility index (Phi) is 9.09. The number of carbonyl (C=O) groups excluding carboxylic acids is 1. The smallest absolute Gasteiger partial charge is 0.260 e. The second-order valence-electron chi connectivity index (χ2n) is 8.42. The van der Waals surface area contributed by atoms with Crippen LogP contribution in [-0.4, -0.2) is 18.5 Å². The van der Waals surface area contributed by atoms with Crippen LogP contribution in [0.5, 0.6) is 11.5 Å².